The van der Waals surface area contributed by atoms with E-state index in [-0.39, 0.29) is 19.4 Å². The molecule has 0 aromatic heterocycles. The van der Waals surface area contributed by atoms with Gasteiger partial charge in [-0.2, -0.15) is 8.42 Å². The normalized spacial score (nSPS) is 20.8. The number of unbranched alkanes of at least 4 members (excludes halogenated alkanes) is 18. The largest absolute Gasteiger partial charge is 0.462 e. The predicted octanol–water partition coefficient (Wildman–Crippen LogP) is 8.61. The number of hydrogen-bond acceptors (Lipinski definition) is 11. The van der Waals surface area contributed by atoms with Crippen molar-refractivity contribution in [2.24, 2.45) is 0 Å². The second-order valence-corrected chi connectivity index (χ2v) is 16.9. The molecule has 1 aliphatic heterocycles. The third kappa shape index (κ3) is 29.7. The maximum Gasteiger partial charge on any atom is 0.306 e. The van der Waals surface area contributed by atoms with Gasteiger partial charge in [0.05, 0.1) is 6.61 Å². The highest BCUT2D eigenvalue weighted by Crippen LogP contribution is 2.24. The van der Waals surface area contributed by atoms with Gasteiger partial charge >= 0.3 is 11.9 Å². The van der Waals surface area contributed by atoms with Crippen LogP contribution in [0.5, 0.6) is 0 Å². The molecule has 1 aliphatic rings. The fourth-order valence-electron chi connectivity index (χ4n) is 6.46. The second-order valence-electron chi connectivity index (χ2n) is 15.4. The van der Waals surface area contributed by atoms with Crippen molar-refractivity contribution in [1.29, 1.82) is 0 Å². The van der Waals surface area contributed by atoms with Crippen LogP contribution in [0, 0.1) is 0 Å². The number of carbonyl (C=O) groups is 2. The van der Waals surface area contributed by atoms with Crippen molar-refractivity contribution in [3.05, 3.63) is 36.5 Å². The predicted molar refractivity (Wildman–Crippen MR) is 224 cm³/mol. The molecule has 332 valence electrons. The summed E-state index contributed by atoms with van der Waals surface area (Å²) in [6.45, 7) is 3.70. The van der Waals surface area contributed by atoms with E-state index in [1.807, 2.05) is 0 Å². The van der Waals surface area contributed by atoms with E-state index in [4.69, 9.17) is 18.9 Å². The van der Waals surface area contributed by atoms with Crippen LogP contribution >= 0.6 is 0 Å². The van der Waals surface area contributed by atoms with Crippen molar-refractivity contribution in [2.45, 2.75) is 211 Å². The topological polar surface area (TPSA) is 186 Å². The lowest BCUT2D eigenvalue weighted by Gasteiger charge is -2.40. The van der Waals surface area contributed by atoms with Crippen LogP contribution in [0.2, 0.25) is 0 Å². The summed E-state index contributed by atoms with van der Waals surface area (Å²) in [5, 5.41) is 30.8. The average Bonchev–Trinajstić information content (AvgIpc) is 3.17. The monoisotopic (exact) mass is 831 g/mol. The molecule has 0 aliphatic carbocycles. The zero-order valence-electron chi connectivity index (χ0n) is 35.2. The Balaban J connectivity index is 2.48. The van der Waals surface area contributed by atoms with Crippen LogP contribution in [0.15, 0.2) is 36.5 Å². The van der Waals surface area contributed by atoms with E-state index in [1.54, 1.807) is 0 Å². The lowest BCUT2D eigenvalue weighted by molar-refractivity contribution is -0.297. The molecule has 0 saturated carbocycles. The fraction of sp³-hybridized carbons (Fsp3) is 0.818. The molecule has 0 bridgehead atoms. The van der Waals surface area contributed by atoms with Crippen LogP contribution in [0.3, 0.4) is 0 Å². The van der Waals surface area contributed by atoms with E-state index in [9.17, 15) is 37.9 Å². The summed E-state index contributed by atoms with van der Waals surface area (Å²) < 4.78 is 54.0. The van der Waals surface area contributed by atoms with Crippen molar-refractivity contribution < 1.29 is 56.8 Å². The average molecular weight is 831 g/mol. The lowest BCUT2D eigenvalue weighted by Crippen LogP contribution is -2.60. The van der Waals surface area contributed by atoms with Gasteiger partial charge in [-0.1, -0.05) is 127 Å². The van der Waals surface area contributed by atoms with Crippen molar-refractivity contribution in [1.82, 2.24) is 0 Å². The first kappa shape index (κ1) is 52.9. The molecule has 1 heterocycles. The number of rotatable bonds is 36. The Bertz CT molecular complexity index is 1200. The smallest absolute Gasteiger partial charge is 0.306 e. The molecule has 0 radical (unpaired) electrons. The number of aliphatic hydroxyl groups is 3. The Morgan fingerprint density at radius 3 is 1.56 bits per heavy atom. The minimum atomic E-state index is -4.60. The van der Waals surface area contributed by atoms with Crippen molar-refractivity contribution in [2.75, 3.05) is 19.0 Å². The van der Waals surface area contributed by atoms with Gasteiger partial charge in [0, 0.05) is 12.8 Å². The molecular weight excluding hydrogens is 753 g/mol. The Morgan fingerprint density at radius 2 is 1.05 bits per heavy atom. The second kappa shape index (κ2) is 34.7. The summed E-state index contributed by atoms with van der Waals surface area (Å²) in [4.78, 5) is 25.3. The van der Waals surface area contributed by atoms with Gasteiger partial charge in [0.25, 0.3) is 10.1 Å². The standard InChI is InChI=1S/C44H78O12S/c1-3-5-7-9-11-13-15-17-18-19-21-23-25-27-29-31-33-40(46)55-37(35-54-44-43(49)42(48)41(47)38(56-44)36-57(50,51)52)34-53-39(45)32-30-28-26-24-22-20-16-14-12-10-8-6-4-2/h13-16,18-19,37-38,41-44,47-49H,3-12,17,20-36H2,1-2H3,(H,50,51,52)/b15-13-,16-14-,19-18-. The highest BCUT2D eigenvalue weighted by atomic mass is 32.2. The summed E-state index contributed by atoms with van der Waals surface area (Å²) in [6, 6.07) is 0. The summed E-state index contributed by atoms with van der Waals surface area (Å²) in [5.41, 5.74) is 0. The van der Waals surface area contributed by atoms with Crippen LogP contribution in [0.1, 0.15) is 174 Å². The van der Waals surface area contributed by atoms with Crippen LogP contribution in [-0.2, 0) is 38.7 Å². The van der Waals surface area contributed by atoms with Gasteiger partial charge < -0.3 is 34.3 Å². The molecule has 4 N–H and O–H groups in total. The highest BCUT2D eigenvalue weighted by Gasteiger charge is 2.46. The molecule has 12 nitrogen and oxygen atoms in total. The summed E-state index contributed by atoms with van der Waals surface area (Å²) in [5.74, 6) is -2.01. The molecule has 13 heteroatoms. The van der Waals surface area contributed by atoms with E-state index >= 15 is 0 Å². The maximum absolute atomic E-state index is 12.8. The molecule has 0 spiro atoms. The Labute approximate surface area is 344 Å². The number of aliphatic hydroxyl groups excluding tert-OH is 3. The molecule has 1 fully saturated rings. The van der Waals surface area contributed by atoms with Gasteiger partial charge in [-0.25, -0.2) is 0 Å². The third-order valence-electron chi connectivity index (χ3n) is 9.94. The molecular formula is C44H78O12S. The van der Waals surface area contributed by atoms with Gasteiger partial charge in [-0.3, -0.25) is 14.1 Å². The lowest BCUT2D eigenvalue weighted by atomic mass is 10.00. The Hall–Kier alpha value is -2.13. The van der Waals surface area contributed by atoms with Gasteiger partial charge in [-0.15, -0.1) is 0 Å². The van der Waals surface area contributed by atoms with Crippen LogP contribution in [-0.4, -0.2) is 96.0 Å². The quantitative estimate of drug-likeness (QED) is 0.0204. The number of carbonyl (C=O) groups excluding carboxylic acids is 2. The minimum absolute atomic E-state index is 0.147. The molecule has 6 atom stereocenters. The zero-order chi connectivity index (χ0) is 42.0. The van der Waals surface area contributed by atoms with Crippen molar-refractivity contribution in [3.63, 3.8) is 0 Å². The molecule has 0 aromatic rings. The SMILES string of the molecule is CCCCCC/C=C\C/C=C\CCCCCCCC(=O)OC(COC(=O)CCCCCCC/C=C\CCCCCC)COC1OC(CS(=O)(=O)O)C(O)C(O)C1O. The number of esters is 2. The summed E-state index contributed by atoms with van der Waals surface area (Å²) >= 11 is 0. The van der Waals surface area contributed by atoms with Gasteiger partial charge in [-0.05, 0) is 70.6 Å². The number of allylic oxidation sites excluding steroid dienone is 6. The van der Waals surface area contributed by atoms with E-state index < -0.39 is 71.2 Å². The van der Waals surface area contributed by atoms with E-state index in [2.05, 4.69) is 50.3 Å². The van der Waals surface area contributed by atoms with E-state index in [0.717, 1.165) is 83.5 Å². The Morgan fingerprint density at radius 1 is 0.596 bits per heavy atom. The van der Waals surface area contributed by atoms with Gasteiger partial charge in [0.2, 0.25) is 0 Å². The van der Waals surface area contributed by atoms with Crippen molar-refractivity contribution >= 4 is 22.1 Å². The molecule has 0 aromatic carbocycles. The number of ether oxygens (including phenoxy) is 4. The third-order valence-corrected chi connectivity index (χ3v) is 10.7. The zero-order valence-corrected chi connectivity index (χ0v) is 36.0. The summed E-state index contributed by atoms with van der Waals surface area (Å²) in [7, 11) is -4.60. The molecule has 1 rings (SSSR count). The van der Waals surface area contributed by atoms with Crippen LogP contribution < -0.4 is 0 Å². The van der Waals surface area contributed by atoms with Crippen LogP contribution in [0.4, 0.5) is 0 Å². The molecule has 0 amide bonds. The molecule has 1 saturated heterocycles. The number of hydrogen-bond donors (Lipinski definition) is 4. The fourth-order valence-corrected chi connectivity index (χ4v) is 7.16. The summed E-state index contributed by atoms with van der Waals surface area (Å²) in [6.07, 6.45) is 29.0. The van der Waals surface area contributed by atoms with E-state index in [1.165, 1.54) is 51.4 Å². The molecule has 57 heavy (non-hydrogen) atoms. The first-order valence-corrected chi connectivity index (χ1v) is 23.7. The minimum Gasteiger partial charge on any atom is -0.462 e. The van der Waals surface area contributed by atoms with Crippen molar-refractivity contribution in [3.8, 4) is 0 Å². The highest BCUT2D eigenvalue weighted by molar-refractivity contribution is 7.85. The maximum atomic E-state index is 12.8. The first-order chi connectivity index (χ1) is 27.5. The Kier molecular flexibility index (Phi) is 32.2. The van der Waals surface area contributed by atoms with Gasteiger partial charge in [0.1, 0.15) is 36.8 Å². The van der Waals surface area contributed by atoms with E-state index in [0.29, 0.717) is 12.8 Å². The van der Waals surface area contributed by atoms with Crippen LogP contribution in [0.25, 0.3) is 0 Å². The first-order valence-electron chi connectivity index (χ1n) is 22.0. The molecule has 6 unspecified atom stereocenters. The van der Waals surface area contributed by atoms with Gasteiger partial charge in [0.15, 0.2) is 12.4 Å².